The molecule has 1 rings (SSSR count). The number of hydrogen-bond acceptors (Lipinski definition) is 4. The lowest BCUT2D eigenvalue weighted by molar-refractivity contribution is -0.385. The van der Waals surface area contributed by atoms with Crippen LogP contribution in [0.3, 0.4) is 0 Å². The van der Waals surface area contributed by atoms with E-state index in [2.05, 4.69) is 15.9 Å². The van der Waals surface area contributed by atoms with Gasteiger partial charge in [-0.3, -0.25) is 14.9 Å². The highest BCUT2D eigenvalue weighted by atomic mass is 79.9. The highest BCUT2D eigenvalue weighted by Crippen LogP contribution is 2.30. The predicted octanol–water partition coefficient (Wildman–Crippen LogP) is 2.18. The van der Waals surface area contributed by atoms with Gasteiger partial charge in [0.05, 0.1) is 22.9 Å². The van der Waals surface area contributed by atoms with Crippen molar-refractivity contribution >= 4 is 27.4 Å². The zero-order valence-corrected chi connectivity index (χ0v) is 9.48. The number of alkyl halides is 1. The molecule has 0 amide bonds. The highest BCUT2D eigenvalue weighted by Gasteiger charge is 2.21. The maximum Gasteiger partial charge on any atom is 0.311 e. The third-order valence-corrected chi connectivity index (χ3v) is 2.33. The Morgan fingerprint density at radius 1 is 1.60 bits per heavy atom. The molecule has 6 heteroatoms. The SMILES string of the molecule is COc1c(C(=O)CBr)cccc1[N+](=O)[O-]. The average molecular weight is 274 g/mol. The van der Waals surface area contributed by atoms with E-state index >= 15 is 0 Å². The molecular weight excluding hydrogens is 266 g/mol. The second-order valence-corrected chi connectivity index (χ2v) is 3.23. The first-order valence-electron chi connectivity index (χ1n) is 4.02. The zero-order chi connectivity index (χ0) is 11.4. The standard InChI is InChI=1S/C9H8BrNO4/c1-15-9-6(8(12)5-10)3-2-4-7(9)11(13)14/h2-4H,5H2,1H3. The van der Waals surface area contributed by atoms with E-state index < -0.39 is 4.92 Å². The van der Waals surface area contributed by atoms with Crippen molar-refractivity contribution in [3.8, 4) is 5.75 Å². The van der Waals surface area contributed by atoms with Crippen LogP contribution in [-0.4, -0.2) is 23.1 Å². The molecule has 0 N–H and O–H groups in total. The van der Waals surface area contributed by atoms with Crippen LogP contribution in [0.4, 0.5) is 5.69 Å². The third-order valence-electron chi connectivity index (χ3n) is 1.82. The highest BCUT2D eigenvalue weighted by molar-refractivity contribution is 9.09. The smallest absolute Gasteiger partial charge is 0.311 e. The number of nitro groups is 1. The Hall–Kier alpha value is -1.43. The van der Waals surface area contributed by atoms with Crippen LogP contribution >= 0.6 is 15.9 Å². The lowest BCUT2D eigenvalue weighted by Crippen LogP contribution is -2.05. The number of nitrogens with zero attached hydrogens (tertiary/aromatic N) is 1. The molecule has 0 bridgehead atoms. The van der Waals surface area contributed by atoms with Gasteiger partial charge in [-0.15, -0.1) is 0 Å². The van der Waals surface area contributed by atoms with Gasteiger partial charge in [0.15, 0.2) is 5.78 Å². The van der Waals surface area contributed by atoms with E-state index in [1.54, 1.807) is 0 Å². The molecule has 15 heavy (non-hydrogen) atoms. The van der Waals surface area contributed by atoms with Gasteiger partial charge in [0.2, 0.25) is 5.75 Å². The largest absolute Gasteiger partial charge is 0.490 e. The summed E-state index contributed by atoms with van der Waals surface area (Å²) in [6.45, 7) is 0. The number of rotatable bonds is 4. The van der Waals surface area contributed by atoms with Gasteiger partial charge in [-0.1, -0.05) is 22.0 Å². The molecule has 0 aliphatic heterocycles. The van der Waals surface area contributed by atoms with Crippen molar-refractivity contribution in [2.75, 3.05) is 12.4 Å². The van der Waals surface area contributed by atoms with Crippen molar-refractivity contribution < 1.29 is 14.5 Å². The molecule has 0 aromatic heterocycles. The fourth-order valence-electron chi connectivity index (χ4n) is 1.17. The quantitative estimate of drug-likeness (QED) is 0.365. The van der Waals surface area contributed by atoms with Gasteiger partial charge in [-0.2, -0.15) is 0 Å². The van der Waals surface area contributed by atoms with E-state index in [-0.39, 0.29) is 28.1 Å². The molecule has 0 atom stereocenters. The molecule has 0 unspecified atom stereocenters. The lowest BCUT2D eigenvalue weighted by Gasteiger charge is -2.05. The molecule has 0 saturated carbocycles. The number of hydrogen-bond donors (Lipinski definition) is 0. The van der Waals surface area contributed by atoms with Crippen LogP contribution in [0.1, 0.15) is 10.4 Å². The van der Waals surface area contributed by atoms with E-state index in [1.165, 1.54) is 25.3 Å². The van der Waals surface area contributed by atoms with Crippen LogP contribution in [0.5, 0.6) is 5.75 Å². The van der Waals surface area contributed by atoms with Crippen LogP contribution in [0.2, 0.25) is 0 Å². The zero-order valence-electron chi connectivity index (χ0n) is 7.90. The summed E-state index contributed by atoms with van der Waals surface area (Å²) >= 11 is 3.00. The summed E-state index contributed by atoms with van der Waals surface area (Å²) in [5.74, 6) is -0.248. The van der Waals surface area contributed by atoms with Crippen LogP contribution in [-0.2, 0) is 0 Å². The van der Waals surface area contributed by atoms with Crippen LogP contribution in [0.15, 0.2) is 18.2 Å². The first-order chi connectivity index (χ1) is 7.11. The number of carbonyl (C=O) groups excluding carboxylic acids is 1. The van der Waals surface area contributed by atoms with E-state index in [0.717, 1.165) is 0 Å². The predicted molar refractivity (Wildman–Crippen MR) is 57.8 cm³/mol. The van der Waals surface area contributed by atoms with Gasteiger partial charge in [-0.05, 0) is 6.07 Å². The minimum absolute atomic E-state index is 0.00644. The van der Waals surface area contributed by atoms with Gasteiger partial charge < -0.3 is 4.74 Å². The molecule has 0 spiro atoms. The number of carbonyl (C=O) groups is 1. The average Bonchev–Trinajstić information content (AvgIpc) is 2.26. The summed E-state index contributed by atoms with van der Waals surface area (Å²) in [4.78, 5) is 21.5. The van der Waals surface area contributed by atoms with Crippen molar-refractivity contribution in [3.63, 3.8) is 0 Å². The summed E-state index contributed by atoms with van der Waals surface area (Å²) in [6.07, 6.45) is 0. The first kappa shape index (κ1) is 11.6. The molecule has 80 valence electrons. The van der Waals surface area contributed by atoms with E-state index in [0.29, 0.717) is 0 Å². The first-order valence-corrected chi connectivity index (χ1v) is 5.14. The Morgan fingerprint density at radius 2 is 2.27 bits per heavy atom. The summed E-state index contributed by atoms with van der Waals surface area (Å²) in [7, 11) is 1.30. The van der Waals surface area contributed by atoms with Gasteiger partial charge >= 0.3 is 5.69 Å². The van der Waals surface area contributed by atoms with E-state index in [1.807, 2.05) is 0 Å². The fourth-order valence-corrected chi connectivity index (χ4v) is 1.48. The monoisotopic (exact) mass is 273 g/mol. The molecule has 5 nitrogen and oxygen atoms in total. The van der Waals surface area contributed by atoms with Gasteiger partial charge in [0.1, 0.15) is 0 Å². The number of benzene rings is 1. The molecule has 0 aliphatic carbocycles. The van der Waals surface area contributed by atoms with Gasteiger partial charge in [0.25, 0.3) is 0 Å². The number of nitro benzene ring substituents is 1. The van der Waals surface area contributed by atoms with Crippen LogP contribution in [0, 0.1) is 10.1 Å². The van der Waals surface area contributed by atoms with Crippen LogP contribution in [0.25, 0.3) is 0 Å². The Bertz CT molecular complexity index is 405. The third kappa shape index (κ3) is 2.33. The molecule has 0 fully saturated rings. The normalized spacial score (nSPS) is 9.73. The Balaban J connectivity index is 3.34. The number of Topliss-reactive ketones (excluding diaryl/α,β-unsaturated/α-hetero) is 1. The van der Waals surface area contributed by atoms with Gasteiger partial charge in [-0.25, -0.2) is 0 Å². The molecule has 0 heterocycles. The number of halogens is 1. The second-order valence-electron chi connectivity index (χ2n) is 2.67. The van der Waals surface area contributed by atoms with E-state index in [4.69, 9.17) is 4.74 Å². The molecule has 1 aromatic carbocycles. The molecule has 0 radical (unpaired) electrons. The number of para-hydroxylation sites is 1. The topological polar surface area (TPSA) is 69.4 Å². The molecular formula is C9H8BrNO4. The van der Waals surface area contributed by atoms with Crippen LogP contribution < -0.4 is 4.74 Å². The van der Waals surface area contributed by atoms with Crippen molar-refractivity contribution in [3.05, 3.63) is 33.9 Å². The van der Waals surface area contributed by atoms with Crippen molar-refractivity contribution in [2.24, 2.45) is 0 Å². The summed E-state index contributed by atoms with van der Waals surface area (Å²) in [5.41, 5.74) is 0.00729. The molecule has 1 aromatic rings. The summed E-state index contributed by atoms with van der Waals surface area (Å²) < 4.78 is 4.88. The summed E-state index contributed by atoms with van der Waals surface area (Å²) in [5, 5.41) is 10.7. The van der Waals surface area contributed by atoms with Crippen molar-refractivity contribution in [1.29, 1.82) is 0 Å². The number of ketones is 1. The number of methoxy groups -OCH3 is 1. The van der Waals surface area contributed by atoms with Gasteiger partial charge in [0, 0.05) is 6.07 Å². The maximum atomic E-state index is 11.4. The fraction of sp³-hybridized carbons (Fsp3) is 0.222. The Morgan fingerprint density at radius 3 is 2.73 bits per heavy atom. The Labute approximate surface area is 94.3 Å². The second kappa shape index (κ2) is 4.88. The van der Waals surface area contributed by atoms with Crippen molar-refractivity contribution in [1.82, 2.24) is 0 Å². The molecule has 0 saturated heterocycles. The number of ether oxygens (including phenoxy) is 1. The maximum absolute atomic E-state index is 11.4. The lowest BCUT2D eigenvalue weighted by atomic mass is 10.1. The van der Waals surface area contributed by atoms with E-state index in [9.17, 15) is 14.9 Å². The minimum Gasteiger partial charge on any atom is -0.490 e. The Kier molecular flexibility index (Phi) is 3.79. The minimum atomic E-state index is -0.580. The summed E-state index contributed by atoms with van der Waals surface area (Å²) in [6, 6.07) is 4.25. The van der Waals surface area contributed by atoms with Crippen molar-refractivity contribution in [2.45, 2.75) is 0 Å². The molecule has 0 aliphatic rings.